The van der Waals surface area contributed by atoms with Crippen LogP contribution in [0.1, 0.15) is 6.99 Å². The Balaban J connectivity index is 0.000000605. The van der Waals surface area contributed by atoms with Crippen LogP contribution in [0.2, 0.25) is 0 Å². The molecule has 0 unspecified atom stereocenters. The molecule has 1 aromatic rings. The zero-order valence-electron chi connectivity index (χ0n) is 6.50. The number of benzene rings is 1. The number of hydrogen-bond acceptors (Lipinski definition) is 1. The summed E-state index contributed by atoms with van der Waals surface area (Å²) >= 11 is 0. The Bertz CT molecular complexity index is 268. The highest BCUT2D eigenvalue weighted by Crippen LogP contribution is 2.21. The van der Waals surface area contributed by atoms with Gasteiger partial charge < -0.3 is 4.74 Å². The fraction of sp³-hybridized carbons (Fsp3) is 0.111. The zero-order valence-corrected chi connectivity index (χ0v) is 5.50. The Morgan fingerprint density at radius 2 is 2.60 bits per heavy atom. The van der Waals surface area contributed by atoms with Gasteiger partial charge in [0.2, 0.25) is 0 Å². The van der Waals surface area contributed by atoms with Gasteiger partial charge in [-0.15, -0.1) is 0 Å². The molecule has 1 heterocycles. The lowest BCUT2D eigenvalue weighted by atomic mass is 10.1. The Morgan fingerprint density at radius 3 is 3.50 bits per heavy atom. The van der Waals surface area contributed by atoms with Gasteiger partial charge in [-0.1, -0.05) is 18.2 Å². The van der Waals surface area contributed by atoms with Crippen molar-refractivity contribution >= 4 is 6.08 Å². The topological polar surface area (TPSA) is 9.23 Å². The molecule has 0 amide bonds. The van der Waals surface area contributed by atoms with Crippen molar-refractivity contribution in [1.82, 2.24) is 0 Å². The van der Waals surface area contributed by atoms with E-state index in [0.29, 0.717) is 6.61 Å². The summed E-state index contributed by atoms with van der Waals surface area (Å²) in [6, 6.07) is 8.70. The Hall–Kier alpha value is -1.24. The molecule has 1 aliphatic rings. The summed E-state index contributed by atoms with van der Waals surface area (Å²) in [5, 5.41) is 0. The second-order valence-corrected chi connectivity index (χ2v) is 2.18. The van der Waals surface area contributed by atoms with Gasteiger partial charge >= 0.3 is 1.43 Å². The summed E-state index contributed by atoms with van der Waals surface area (Å²) in [6.45, 7) is 0.685. The van der Waals surface area contributed by atoms with Crippen LogP contribution in [0.5, 0.6) is 5.75 Å². The largest absolute Gasteiger partial charge is 1.00 e. The second kappa shape index (κ2) is 2.18. The summed E-state index contributed by atoms with van der Waals surface area (Å²) < 4.78 is 5.31. The summed E-state index contributed by atoms with van der Waals surface area (Å²) in [5.74, 6) is 0.935. The molecule has 1 aliphatic heterocycles. The highest BCUT2D eigenvalue weighted by Gasteiger charge is 2.01. The molecule has 0 spiro atoms. The first-order valence-corrected chi connectivity index (χ1v) is 3.26. The van der Waals surface area contributed by atoms with Gasteiger partial charge in [0.1, 0.15) is 12.4 Å². The van der Waals surface area contributed by atoms with E-state index < -0.39 is 0 Å². The summed E-state index contributed by atoms with van der Waals surface area (Å²) in [7, 11) is 0. The smallest absolute Gasteiger partial charge is 0.489 e. The van der Waals surface area contributed by atoms with Crippen LogP contribution >= 0.6 is 0 Å². The highest BCUT2D eigenvalue weighted by atomic mass is 16.5. The number of fused-ring (bicyclic) bond motifs is 1. The SMILES string of the molecule is [H+].[c]1ccc2c(c1)OCC=C2. The fourth-order valence-electron chi connectivity index (χ4n) is 1.00. The molecule has 0 bridgehead atoms. The van der Waals surface area contributed by atoms with Crippen molar-refractivity contribution in [2.24, 2.45) is 0 Å². The van der Waals surface area contributed by atoms with Gasteiger partial charge in [-0.2, -0.15) is 0 Å². The standard InChI is InChI=1S/C9H7O/c1-2-6-9-8(4-1)5-3-7-10-9/h1,3-6H,7H2/p+1. The van der Waals surface area contributed by atoms with Crippen molar-refractivity contribution in [1.29, 1.82) is 0 Å². The minimum Gasteiger partial charge on any atom is -0.489 e. The number of ether oxygens (including phenoxy) is 1. The van der Waals surface area contributed by atoms with Gasteiger partial charge in [0, 0.05) is 5.56 Å². The van der Waals surface area contributed by atoms with Crippen molar-refractivity contribution in [2.75, 3.05) is 6.61 Å². The van der Waals surface area contributed by atoms with E-state index in [-0.39, 0.29) is 1.43 Å². The lowest BCUT2D eigenvalue weighted by Crippen LogP contribution is -1.98. The molecule has 0 aromatic heterocycles. The zero-order chi connectivity index (χ0) is 6.81. The number of rotatable bonds is 0. The van der Waals surface area contributed by atoms with E-state index in [2.05, 4.69) is 12.1 Å². The molecule has 1 nitrogen and oxygen atoms in total. The van der Waals surface area contributed by atoms with Crippen molar-refractivity contribution < 1.29 is 6.16 Å². The van der Waals surface area contributed by atoms with Crippen molar-refractivity contribution in [3.05, 3.63) is 35.9 Å². The molecular weight excluding hydrogens is 124 g/mol. The molecule has 1 aromatic carbocycles. The normalized spacial score (nSPS) is 14.0. The summed E-state index contributed by atoms with van der Waals surface area (Å²) in [6.07, 6.45) is 4.06. The van der Waals surface area contributed by atoms with Gasteiger partial charge in [-0.3, -0.25) is 0 Å². The molecule has 0 saturated carbocycles. The minimum absolute atomic E-state index is 0. The molecule has 1 radical (unpaired) electrons. The van der Waals surface area contributed by atoms with E-state index in [4.69, 9.17) is 4.74 Å². The maximum absolute atomic E-state index is 5.31. The van der Waals surface area contributed by atoms with Gasteiger partial charge in [-0.05, 0) is 18.2 Å². The second-order valence-electron chi connectivity index (χ2n) is 2.18. The third-order valence-electron chi connectivity index (χ3n) is 1.49. The first-order valence-electron chi connectivity index (χ1n) is 3.26. The third kappa shape index (κ3) is 0.798. The van der Waals surface area contributed by atoms with Crippen LogP contribution in [-0.4, -0.2) is 6.61 Å². The van der Waals surface area contributed by atoms with Crippen LogP contribution in [0.3, 0.4) is 0 Å². The number of hydrogen-bond donors (Lipinski definition) is 0. The quantitative estimate of drug-likeness (QED) is 0.524. The van der Waals surface area contributed by atoms with Gasteiger partial charge in [0.25, 0.3) is 0 Å². The Kier molecular flexibility index (Phi) is 1.21. The lowest BCUT2D eigenvalue weighted by Gasteiger charge is -2.10. The molecule has 0 atom stereocenters. The van der Waals surface area contributed by atoms with Crippen LogP contribution in [-0.2, 0) is 0 Å². The van der Waals surface area contributed by atoms with Gasteiger partial charge in [0.15, 0.2) is 0 Å². The molecule has 1 heteroatoms. The van der Waals surface area contributed by atoms with E-state index in [0.717, 1.165) is 11.3 Å². The van der Waals surface area contributed by atoms with Crippen molar-refractivity contribution in [2.45, 2.75) is 0 Å². The van der Waals surface area contributed by atoms with Crippen LogP contribution in [0, 0.1) is 6.07 Å². The molecule has 10 heavy (non-hydrogen) atoms. The Labute approximate surface area is 61.4 Å². The van der Waals surface area contributed by atoms with Gasteiger partial charge in [-0.25, -0.2) is 0 Å². The lowest BCUT2D eigenvalue weighted by molar-refractivity contribution is 0.358. The third-order valence-corrected chi connectivity index (χ3v) is 1.49. The first kappa shape index (κ1) is 5.54. The monoisotopic (exact) mass is 132 g/mol. The molecule has 2 rings (SSSR count). The average Bonchev–Trinajstić information content (AvgIpc) is 2.05. The van der Waals surface area contributed by atoms with Crippen LogP contribution < -0.4 is 4.74 Å². The maximum Gasteiger partial charge on any atom is 1.00 e. The molecule has 49 valence electrons. The van der Waals surface area contributed by atoms with E-state index >= 15 is 0 Å². The average molecular weight is 132 g/mol. The highest BCUT2D eigenvalue weighted by molar-refractivity contribution is 5.58. The van der Waals surface area contributed by atoms with Gasteiger partial charge in [0.05, 0.1) is 0 Å². The predicted molar refractivity (Wildman–Crippen MR) is 40.9 cm³/mol. The molecule has 0 fully saturated rings. The molecule has 0 N–H and O–H groups in total. The first-order chi connectivity index (χ1) is 4.97. The summed E-state index contributed by atoms with van der Waals surface area (Å²) in [4.78, 5) is 0. The summed E-state index contributed by atoms with van der Waals surface area (Å²) in [5.41, 5.74) is 1.14. The van der Waals surface area contributed by atoms with Crippen molar-refractivity contribution in [3.63, 3.8) is 0 Å². The Morgan fingerprint density at radius 1 is 1.60 bits per heavy atom. The van der Waals surface area contributed by atoms with Crippen LogP contribution in [0.15, 0.2) is 24.3 Å². The molecule has 0 aliphatic carbocycles. The van der Waals surface area contributed by atoms with Crippen LogP contribution in [0.4, 0.5) is 0 Å². The minimum atomic E-state index is 0. The molecular formula is C9H8O+. The fourth-order valence-corrected chi connectivity index (χ4v) is 1.00. The van der Waals surface area contributed by atoms with Crippen molar-refractivity contribution in [3.8, 4) is 5.75 Å². The van der Waals surface area contributed by atoms with E-state index in [9.17, 15) is 0 Å². The molecule has 0 saturated heterocycles. The van der Waals surface area contributed by atoms with E-state index in [1.54, 1.807) is 0 Å². The van der Waals surface area contributed by atoms with E-state index in [1.165, 1.54) is 0 Å². The predicted octanol–water partition coefficient (Wildman–Crippen LogP) is 2.00. The maximum atomic E-state index is 5.31. The van der Waals surface area contributed by atoms with E-state index in [1.807, 2.05) is 24.3 Å². The van der Waals surface area contributed by atoms with Crippen LogP contribution in [0.25, 0.3) is 6.08 Å².